The van der Waals surface area contributed by atoms with Crippen LogP contribution in [0.1, 0.15) is 33.3 Å². The highest BCUT2D eigenvalue weighted by atomic mass is 35.5. The first-order valence-corrected chi connectivity index (χ1v) is 13.8. The molecule has 1 N–H and O–H groups in total. The number of amides is 3. The molecule has 212 valence electrons. The molecule has 4 heterocycles. The Labute approximate surface area is 238 Å². The number of aryl methyl sites for hydroxylation is 1. The Morgan fingerprint density at radius 1 is 1.18 bits per heavy atom. The summed E-state index contributed by atoms with van der Waals surface area (Å²) in [5, 5.41) is 1.54. The van der Waals surface area contributed by atoms with E-state index in [2.05, 4.69) is 16.9 Å². The Balaban J connectivity index is 1.17. The third-order valence-electron chi connectivity index (χ3n) is 7.09. The van der Waals surface area contributed by atoms with Crippen molar-refractivity contribution in [3.8, 4) is 11.1 Å². The first kappa shape index (κ1) is 27.9. The van der Waals surface area contributed by atoms with Crippen molar-refractivity contribution < 1.29 is 23.9 Å². The van der Waals surface area contributed by atoms with E-state index in [-0.39, 0.29) is 31.1 Å². The number of carbonyl (C=O) groups excluding carboxylic acids is 3. The number of hydrogen-bond acceptors (Lipinski definition) is 6. The van der Waals surface area contributed by atoms with Crippen LogP contribution in [0.3, 0.4) is 0 Å². The fraction of sp³-hybridized carbons (Fsp3) is 0.448. The third kappa shape index (κ3) is 5.78. The van der Waals surface area contributed by atoms with Crippen LogP contribution in [0.15, 0.2) is 36.7 Å². The Morgan fingerprint density at radius 2 is 1.95 bits per heavy atom. The SMILES string of the molecule is CCc1c[nH]c2ncc(-c3cccc(N4CCN(C(=O)COC5CN(C(=O)OC(C)(C)C)C5)CC4=O)c3)c(Cl)c12. The molecule has 2 aliphatic rings. The van der Waals surface area contributed by atoms with E-state index in [0.29, 0.717) is 31.2 Å². The van der Waals surface area contributed by atoms with Gasteiger partial charge in [0.25, 0.3) is 0 Å². The summed E-state index contributed by atoms with van der Waals surface area (Å²) in [6, 6.07) is 7.64. The monoisotopic (exact) mass is 567 g/mol. The number of benzene rings is 1. The molecule has 1 aromatic carbocycles. The van der Waals surface area contributed by atoms with Gasteiger partial charge in [-0.15, -0.1) is 0 Å². The van der Waals surface area contributed by atoms with E-state index in [1.807, 2.05) is 51.2 Å². The average Bonchev–Trinajstić information content (AvgIpc) is 3.31. The standard InChI is InChI=1S/C29H34ClN5O5/c1-5-18-12-31-27-25(18)26(30)22(13-32-27)19-7-6-8-20(11-19)35-10-9-33(16-23(35)36)24(37)17-39-21-14-34(15-21)28(38)40-29(2,3)4/h6-8,11-13,21H,5,9-10,14-17H2,1-4H3,(H,31,32). The molecule has 3 amide bonds. The quantitative estimate of drug-likeness (QED) is 0.477. The molecule has 0 spiro atoms. The van der Waals surface area contributed by atoms with Gasteiger partial charge in [-0.1, -0.05) is 30.7 Å². The summed E-state index contributed by atoms with van der Waals surface area (Å²) in [7, 11) is 0. The Kier molecular flexibility index (Phi) is 7.74. The predicted molar refractivity (Wildman–Crippen MR) is 152 cm³/mol. The Hall–Kier alpha value is -3.63. The maximum absolute atomic E-state index is 13.1. The molecule has 0 bridgehead atoms. The summed E-state index contributed by atoms with van der Waals surface area (Å²) in [5.74, 6) is -0.420. The zero-order chi connectivity index (χ0) is 28.6. The second kappa shape index (κ2) is 11.1. The number of aromatic amines is 1. The van der Waals surface area contributed by atoms with E-state index in [0.717, 1.165) is 39.8 Å². The summed E-state index contributed by atoms with van der Waals surface area (Å²) in [4.78, 5) is 50.3. The number of pyridine rings is 1. The first-order chi connectivity index (χ1) is 19.0. The minimum atomic E-state index is -0.561. The molecule has 2 saturated heterocycles. The molecule has 0 radical (unpaired) electrons. The molecule has 40 heavy (non-hydrogen) atoms. The average molecular weight is 568 g/mol. The van der Waals surface area contributed by atoms with Crippen molar-refractivity contribution >= 4 is 46.2 Å². The fourth-order valence-corrected chi connectivity index (χ4v) is 5.27. The minimum absolute atomic E-state index is 0.0292. The second-order valence-corrected chi connectivity index (χ2v) is 11.5. The molecule has 3 aromatic rings. The number of piperazine rings is 1. The minimum Gasteiger partial charge on any atom is -0.444 e. The Bertz CT molecular complexity index is 1440. The molecule has 10 nitrogen and oxygen atoms in total. The van der Waals surface area contributed by atoms with Crippen LogP contribution in [0.25, 0.3) is 22.2 Å². The van der Waals surface area contributed by atoms with Gasteiger partial charge < -0.3 is 29.2 Å². The number of nitrogens with one attached hydrogen (secondary N) is 1. The number of anilines is 1. The molecule has 2 fully saturated rings. The molecule has 0 aliphatic carbocycles. The van der Waals surface area contributed by atoms with Gasteiger partial charge in [-0.2, -0.15) is 0 Å². The molecule has 0 saturated carbocycles. The lowest BCUT2D eigenvalue weighted by Gasteiger charge is -2.39. The van der Waals surface area contributed by atoms with E-state index in [9.17, 15) is 14.4 Å². The van der Waals surface area contributed by atoms with Gasteiger partial charge in [0.15, 0.2) is 0 Å². The molecule has 2 aliphatic heterocycles. The summed E-state index contributed by atoms with van der Waals surface area (Å²) in [5.41, 5.74) is 3.69. The van der Waals surface area contributed by atoms with E-state index >= 15 is 0 Å². The Morgan fingerprint density at radius 3 is 2.65 bits per heavy atom. The van der Waals surface area contributed by atoms with Gasteiger partial charge >= 0.3 is 6.09 Å². The highest BCUT2D eigenvalue weighted by molar-refractivity contribution is 6.38. The summed E-state index contributed by atoms with van der Waals surface area (Å²) in [6.45, 7) is 8.86. The summed E-state index contributed by atoms with van der Waals surface area (Å²) < 4.78 is 11.0. The molecule has 5 rings (SSSR count). The van der Waals surface area contributed by atoms with Gasteiger partial charge in [-0.3, -0.25) is 9.59 Å². The zero-order valence-corrected chi connectivity index (χ0v) is 24.0. The van der Waals surface area contributed by atoms with Crippen LogP contribution in [0.5, 0.6) is 0 Å². The summed E-state index contributed by atoms with van der Waals surface area (Å²) in [6.07, 6.45) is 3.89. The number of fused-ring (bicyclic) bond motifs is 1. The van der Waals surface area contributed by atoms with Crippen LogP contribution < -0.4 is 4.90 Å². The third-order valence-corrected chi connectivity index (χ3v) is 7.48. The lowest BCUT2D eigenvalue weighted by atomic mass is 10.0. The number of rotatable bonds is 6. The van der Waals surface area contributed by atoms with E-state index < -0.39 is 11.7 Å². The van der Waals surface area contributed by atoms with Gasteiger partial charge in [0.05, 0.1) is 24.2 Å². The van der Waals surface area contributed by atoms with Crippen molar-refractivity contribution in [2.75, 3.05) is 44.2 Å². The van der Waals surface area contributed by atoms with Gasteiger partial charge in [0.2, 0.25) is 11.8 Å². The van der Waals surface area contributed by atoms with Crippen molar-refractivity contribution in [2.24, 2.45) is 0 Å². The van der Waals surface area contributed by atoms with Gasteiger partial charge in [-0.25, -0.2) is 9.78 Å². The van der Waals surface area contributed by atoms with Crippen LogP contribution in [0.2, 0.25) is 5.02 Å². The lowest BCUT2D eigenvalue weighted by Crippen LogP contribution is -2.57. The topological polar surface area (TPSA) is 108 Å². The van der Waals surface area contributed by atoms with Crippen LogP contribution in [0.4, 0.5) is 10.5 Å². The van der Waals surface area contributed by atoms with E-state index in [1.54, 1.807) is 16.0 Å². The molecular weight excluding hydrogens is 534 g/mol. The van der Waals surface area contributed by atoms with Gasteiger partial charge in [0, 0.05) is 42.1 Å². The second-order valence-electron chi connectivity index (χ2n) is 11.1. The normalized spacial score (nSPS) is 16.4. The lowest BCUT2D eigenvalue weighted by molar-refractivity contribution is -0.145. The first-order valence-electron chi connectivity index (χ1n) is 13.5. The number of aromatic nitrogens is 2. The van der Waals surface area contributed by atoms with Crippen molar-refractivity contribution in [2.45, 2.75) is 45.8 Å². The highest BCUT2D eigenvalue weighted by Gasteiger charge is 2.35. The predicted octanol–water partition coefficient (Wildman–Crippen LogP) is 4.26. The highest BCUT2D eigenvalue weighted by Crippen LogP contribution is 2.36. The fourth-order valence-electron chi connectivity index (χ4n) is 4.90. The van der Waals surface area contributed by atoms with E-state index in [1.165, 1.54) is 4.90 Å². The molecule has 0 atom stereocenters. The number of nitrogens with zero attached hydrogens (tertiary/aromatic N) is 4. The number of likely N-dealkylation sites (tertiary alicyclic amines) is 1. The van der Waals surface area contributed by atoms with Crippen molar-refractivity contribution in [3.63, 3.8) is 0 Å². The van der Waals surface area contributed by atoms with Crippen LogP contribution >= 0.6 is 11.6 Å². The van der Waals surface area contributed by atoms with Crippen LogP contribution in [-0.2, 0) is 25.5 Å². The summed E-state index contributed by atoms with van der Waals surface area (Å²) >= 11 is 6.82. The molecule has 11 heteroatoms. The maximum Gasteiger partial charge on any atom is 0.410 e. The molecule has 2 aromatic heterocycles. The van der Waals surface area contributed by atoms with Crippen LogP contribution in [-0.4, -0.2) is 88.7 Å². The van der Waals surface area contributed by atoms with Gasteiger partial charge in [0.1, 0.15) is 24.4 Å². The maximum atomic E-state index is 13.1. The number of halogens is 1. The van der Waals surface area contributed by atoms with Crippen molar-refractivity contribution in [1.29, 1.82) is 0 Å². The number of hydrogen-bond donors (Lipinski definition) is 1. The van der Waals surface area contributed by atoms with Gasteiger partial charge in [-0.05, 0) is 50.5 Å². The number of H-pyrrole nitrogens is 1. The van der Waals surface area contributed by atoms with Crippen molar-refractivity contribution in [1.82, 2.24) is 19.8 Å². The number of ether oxygens (including phenoxy) is 2. The number of carbonyl (C=O) groups is 3. The smallest absolute Gasteiger partial charge is 0.410 e. The zero-order valence-electron chi connectivity index (χ0n) is 23.2. The van der Waals surface area contributed by atoms with E-state index in [4.69, 9.17) is 21.1 Å². The molecule has 0 unspecified atom stereocenters. The largest absolute Gasteiger partial charge is 0.444 e. The van der Waals surface area contributed by atoms with Crippen molar-refractivity contribution in [3.05, 3.63) is 47.2 Å². The van der Waals surface area contributed by atoms with Crippen LogP contribution in [0, 0.1) is 0 Å². The molecular formula is C29H34ClN5O5.